The van der Waals surface area contributed by atoms with E-state index in [4.69, 9.17) is 16.0 Å². The van der Waals surface area contributed by atoms with E-state index in [2.05, 4.69) is 10.3 Å². The molecule has 88 valence electrons. The van der Waals surface area contributed by atoms with Crippen LogP contribution >= 0.6 is 11.6 Å². The molecule has 1 N–H and O–H groups in total. The van der Waals surface area contributed by atoms with Crippen LogP contribution in [0.5, 0.6) is 0 Å². The maximum absolute atomic E-state index is 11.8. The van der Waals surface area contributed by atoms with Gasteiger partial charge < -0.3 is 9.73 Å². The molecule has 0 aliphatic heterocycles. The highest BCUT2D eigenvalue weighted by Crippen LogP contribution is 2.14. The molecule has 2 aromatic rings. The lowest BCUT2D eigenvalue weighted by atomic mass is 10.2. The van der Waals surface area contributed by atoms with Crippen LogP contribution < -0.4 is 5.32 Å². The van der Waals surface area contributed by atoms with Gasteiger partial charge in [0.2, 0.25) is 5.89 Å². The predicted octanol–water partition coefficient (Wildman–Crippen LogP) is 2.57. The van der Waals surface area contributed by atoms with Gasteiger partial charge in [0, 0.05) is 0 Å². The van der Waals surface area contributed by atoms with Gasteiger partial charge in [0.25, 0.3) is 5.91 Å². The SMILES string of the molecule is Cc1cnc(CNC(=O)c2ccccc2Cl)o1. The minimum Gasteiger partial charge on any atom is -0.444 e. The monoisotopic (exact) mass is 250 g/mol. The molecule has 0 aliphatic carbocycles. The number of aromatic nitrogens is 1. The fourth-order valence-electron chi connectivity index (χ4n) is 1.38. The van der Waals surface area contributed by atoms with Gasteiger partial charge in [0.1, 0.15) is 5.76 Å². The standard InChI is InChI=1S/C12H11ClN2O2/c1-8-6-14-11(17-8)7-15-12(16)9-4-2-3-5-10(9)13/h2-6H,7H2,1H3,(H,15,16). The second kappa shape index (κ2) is 5.01. The molecule has 0 unspecified atom stereocenters. The first-order valence-electron chi connectivity index (χ1n) is 5.11. The molecular formula is C12H11ClN2O2. The molecule has 1 amide bonds. The highest BCUT2D eigenvalue weighted by molar-refractivity contribution is 6.33. The minimum absolute atomic E-state index is 0.244. The van der Waals surface area contributed by atoms with Crippen LogP contribution in [-0.2, 0) is 6.54 Å². The molecule has 1 heterocycles. The summed E-state index contributed by atoms with van der Waals surface area (Å²) in [6.45, 7) is 2.05. The molecule has 0 aliphatic rings. The van der Waals surface area contributed by atoms with Gasteiger partial charge in [-0.2, -0.15) is 0 Å². The fourth-order valence-corrected chi connectivity index (χ4v) is 1.60. The Hall–Kier alpha value is -1.81. The van der Waals surface area contributed by atoms with E-state index in [1.807, 2.05) is 0 Å². The highest BCUT2D eigenvalue weighted by Gasteiger charge is 2.10. The van der Waals surface area contributed by atoms with E-state index in [9.17, 15) is 4.79 Å². The second-order valence-electron chi connectivity index (χ2n) is 3.53. The normalized spacial score (nSPS) is 10.2. The van der Waals surface area contributed by atoms with Gasteiger partial charge in [-0.15, -0.1) is 0 Å². The largest absolute Gasteiger partial charge is 0.444 e. The Labute approximate surface area is 104 Å². The summed E-state index contributed by atoms with van der Waals surface area (Å²) in [6, 6.07) is 6.87. The minimum atomic E-state index is -0.244. The Kier molecular flexibility index (Phi) is 3.44. The van der Waals surface area contributed by atoms with Gasteiger partial charge in [0.15, 0.2) is 0 Å². The Balaban J connectivity index is 2.01. The second-order valence-corrected chi connectivity index (χ2v) is 3.93. The predicted molar refractivity (Wildman–Crippen MR) is 63.9 cm³/mol. The smallest absolute Gasteiger partial charge is 0.253 e. The lowest BCUT2D eigenvalue weighted by molar-refractivity contribution is 0.0947. The van der Waals surface area contributed by atoms with Gasteiger partial charge >= 0.3 is 0 Å². The number of carbonyl (C=O) groups excluding carboxylic acids is 1. The zero-order chi connectivity index (χ0) is 12.3. The molecule has 0 spiro atoms. The van der Waals surface area contributed by atoms with Gasteiger partial charge in [0.05, 0.1) is 23.3 Å². The number of halogens is 1. The van der Waals surface area contributed by atoms with Gasteiger partial charge in [-0.1, -0.05) is 23.7 Å². The molecule has 1 aromatic heterocycles. The molecule has 1 aromatic carbocycles. The molecule has 2 rings (SSSR count). The quantitative estimate of drug-likeness (QED) is 0.911. The first-order chi connectivity index (χ1) is 8.16. The van der Waals surface area contributed by atoms with E-state index in [-0.39, 0.29) is 12.5 Å². The molecule has 0 fully saturated rings. The lowest BCUT2D eigenvalue weighted by Gasteiger charge is -2.04. The molecule has 0 atom stereocenters. The highest BCUT2D eigenvalue weighted by atomic mass is 35.5. The topological polar surface area (TPSA) is 55.1 Å². The van der Waals surface area contributed by atoms with Gasteiger partial charge in [-0.05, 0) is 19.1 Å². The van der Waals surface area contributed by atoms with Crippen molar-refractivity contribution in [3.05, 3.63) is 52.7 Å². The maximum atomic E-state index is 11.8. The van der Waals surface area contributed by atoms with Crippen molar-refractivity contribution < 1.29 is 9.21 Å². The average molecular weight is 251 g/mol. The summed E-state index contributed by atoms with van der Waals surface area (Å²) in [7, 11) is 0. The van der Waals surface area contributed by atoms with Crippen molar-refractivity contribution in [2.45, 2.75) is 13.5 Å². The number of oxazole rings is 1. The zero-order valence-corrected chi connectivity index (χ0v) is 9.99. The van der Waals surface area contributed by atoms with Crippen LogP contribution in [0.15, 0.2) is 34.9 Å². The van der Waals surface area contributed by atoms with Gasteiger partial charge in [-0.25, -0.2) is 4.98 Å². The summed E-state index contributed by atoms with van der Waals surface area (Å²) in [6.07, 6.45) is 1.61. The summed E-state index contributed by atoms with van der Waals surface area (Å²) in [5, 5.41) is 3.11. The van der Waals surface area contributed by atoms with E-state index in [1.165, 1.54) is 0 Å². The molecule has 0 bridgehead atoms. The van der Waals surface area contributed by atoms with E-state index in [1.54, 1.807) is 37.4 Å². The summed E-state index contributed by atoms with van der Waals surface area (Å²) < 4.78 is 5.24. The van der Waals surface area contributed by atoms with E-state index in [0.29, 0.717) is 22.2 Å². The van der Waals surface area contributed by atoms with Crippen molar-refractivity contribution in [1.82, 2.24) is 10.3 Å². The average Bonchev–Trinajstić information content (AvgIpc) is 2.73. The maximum Gasteiger partial charge on any atom is 0.253 e. The van der Waals surface area contributed by atoms with E-state index >= 15 is 0 Å². The molecule has 0 saturated carbocycles. The summed E-state index contributed by atoms with van der Waals surface area (Å²) in [5.74, 6) is 0.946. The Morgan fingerprint density at radius 2 is 2.24 bits per heavy atom. The van der Waals surface area contributed by atoms with Crippen LogP contribution in [0.4, 0.5) is 0 Å². The summed E-state index contributed by atoms with van der Waals surface area (Å²) in [4.78, 5) is 15.8. The third-order valence-corrected chi connectivity index (χ3v) is 2.52. The molecular weight excluding hydrogens is 240 g/mol. The van der Waals surface area contributed by atoms with Crippen LogP contribution in [0.2, 0.25) is 5.02 Å². The third kappa shape index (κ3) is 2.85. The zero-order valence-electron chi connectivity index (χ0n) is 9.24. The first-order valence-corrected chi connectivity index (χ1v) is 5.48. The van der Waals surface area contributed by atoms with Crippen molar-refractivity contribution >= 4 is 17.5 Å². The van der Waals surface area contributed by atoms with Crippen molar-refractivity contribution in [1.29, 1.82) is 0 Å². The number of nitrogens with zero attached hydrogens (tertiary/aromatic N) is 1. The summed E-state index contributed by atoms with van der Waals surface area (Å²) in [5.41, 5.74) is 0.442. The van der Waals surface area contributed by atoms with Crippen LogP contribution in [0.3, 0.4) is 0 Å². The molecule has 0 saturated heterocycles. The van der Waals surface area contributed by atoms with Crippen molar-refractivity contribution in [2.24, 2.45) is 0 Å². The van der Waals surface area contributed by atoms with E-state index in [0.717, 1.165) is 0 Å². The first kappa shape index (κ1) is 11.7. The molecule has 17 heavy (non-hydrogen) atoms. The van der Waals surface area contributed by atoms with Gasteiger partial charge in [-0.3, -0.25) is 4.79 Å². The number of rotatable bonds is 3. The number of benzene rings is 1. The number of nitrogens with one attached hydrogen (secondary N) is 1. The fraction of sp³-hybridized carbons (Fsp3) is 0.167. The van der Waals surface area contributed by atoms with Crippen molar-refractivity contribution in [3.8, 4) is 0 Å². The lowest BCUT2D eigenvalue weighted by Crippen LogP contribution is -2.23. The molecule has 0 radical (unpaired) electrons. The van der Waals surface area contributed by atoms with Crippen molar-refractivity contribution in [2.75, 3.05) is 0 Å². The molecule has 5 heteroatoms. The van der Waals surface area contributed by atoms with Crippen molar-refractivity contribution in [3.63, 3.8) is 0 Å². The number of hydrogen-bond donors (Lipinski definition) is 1. The number of carbonyl (C=O) groups is 1. The third-order valence-electron chi connectivity index (χ3n) is 2.19. The molecule has 4 nitrogen and oxygen atoms in total. The number of amides is 1. The number of aryl methyl sites for hydroxylation is 1. The Bertz CT molecular complexity index is 537. The van der Waals surface area contributed by atoms with Crippen LogP contribution in [0.25, 0.3) is 0 Å². The number of hydrogen-bond acceptors (Lipinski definition) is 3. The summed E-state index contributed by atoms with van der Waals surface area (Å²) >= 11 is 5.91. The van der Waals surface area contributed by atoms with Crippen LogP contribution in [0.1, 0.15) is 22.0 Å². The van der Waals surface area contributed by atoms with Crippen LogP contribution in [-0.4, -0.2) is 10.9 Å². The Morgan fingerprint density at radius 1 is 1.47 bits per heavy atom. The Morgan fingerprint density at radius 3 is 2.88 bits per heavy atom. The van der Waals surface area contributed by atoms with Crippen LogP contribution in [0, 0.1) is 6.92 Å². The van der Waals surface area contributed by atoms with E-state index < -0.39 is 0 Å².